The lowest BCUT2D eigenvalue weighted by atomic mass is 9.83. The van der Waals surface area contributed by atoms with Gasteiger partial charge in [0.1, 0.15) is 6.61 Å². The van der Waals surface area contributed by atoms with Gasteiger partial charge >= 0.3 is 5.97 Å². The third-order valence-electron chi connectivity index (χ3n) is 5.17. The van der Waals surface area contributed by atoms with Crippen molar-refractivity contribution in [1.29, 1.82) is 0 Å². The Hall–Kier alpha value is -2.88. The summed E-state index contributed by atoms with van der Waals surface area (Å²) in [4.78, 5) is 27.1. The molecule has 0 bridgehead atoms. The zero-order valence-corrected chi connectivity index (χ0v) is 15.0. The molecule has 26 heavy (non-hydrogen) atoms. The number of hydrogen-bond acceptors (Lipinski definition) is 3. The van der Waals surface area contributed by atoms with Crippen LogP contribution in [0.4, 0.5) is 5.69 Å². The van der Waals surface area contributed by atoms with E-state index in [1.54, 1.807) is 4.90 Å². The monoisotopic (exact) mass is 347 g/mol. The van der Waals surface area contributed by atoms with Crippen molar-refractivity contribution in [3.63, 3.8) is 0 Å². The Morgan fingerprint density at radius 2 is 1.88 bits per heavy atom. The lowest BCUT2D eigenvalue weighted by Gasteiger charge is -2.32. The lowest BCUT2D eigenvalue weighted by molar-refractivity contribution is -0.136. The van der Waals surface area contributed by atoms with Gasteiger partial charge in [0.05, 0.1) is 11.3 Å². The normalized spacial score (nSPS) is 19.6. The minimum atomic E-state index is -0.310. The van der Waals surface area contributed by atoms with Crippen LogP contribution in [0.5, 0.6) is 0 Å². The van der Waals surface area contributed by atoms with Crippen LogP contribution in [0.2, 0.25) is 0 Å². The summed E-state index contributed by atoms with van der Waals surface area (Å²) in [6.45, 7) is 4.24. The number of esters is 1. The SMILES string of the molecule is CCc1ccc(C2CC(=O)N(c3cccc(C)c3)C3=C2C(=O)OC3)cc1. The molecular formula is C22H21NO3. The predicted molar refractivity (Wildman–Crippen MR) is 99.8 cm³/mol. The number of aryl methyl sites for hydroxylation is 2. The van der Waals surface area contributed by atoms with Crippen LogP contribution in [0.3, 0.4) is 0 Å². The van der Waals surface area contributed by atoms with E-state index in [0.29, 0.717) is 11.3 Å². The molecule has 0 saturated carbocycles. The first-order valence-electron chi connectivity index (χ1n) is 8.97. The van der Waals surface area contributed by atoms with E-state index in [-0.39, 0.29) is 30.8 Å². The number of benzene rings is 2. The zero-order valence-electron chi connectivity index (χ0n) is 15.0. The molecule has 4 nitrogen and oxygen atoms in total. The summed E-state index contributed by atoms with van der Waals surface area (Å²) in [7, 11) is 0. The number of carbonyl (C=O) groups excluding carboxylic acids is 2. The molecule has 0 aromatic heterocycles. The molecule has 2 aliphatic heterocycles. The Kier molecular flexibility index (Phi) is 4.11. The number of carbonyl (C=O) groups is 2. The third kappa shape index (κ3) is 2.71. The molecule has 1 amide bonds. The van der Waals surface area contributed by atoms with Crippen LogP contribution in [0, 0.1) is 6.92 Å². The first kappa shape index (κ1) is 16.6. The Balaban J connectivity index is 1.80. The molecule has 2 aromatic rings. The van der Waals surface area contributed by atoms with Gasteiger partial charge in [-0.05, 0) is 42.2 Å². The molecule has 2 aromatic carbocycles. The highest BCUT2D eigenvalue weighted by Crippen LogP contribution is 2.41. The second-order valence-electron chi connectivity index (χ2n) is 6.86. The number of amides is 1. The van der Waals surface area contributed by atoms with Crippen molar-refractivity contribution >= 4 is 17.6 Å². The fourth-order valence-electron chi connectivity index (χ4n) is 3.79. The molecule has 1 unspecified atom stereocenters. The maximum Gasteiger partial charge on any atom is 0.336 e. The van der Waals surface area contributed by atoms with Crippen molar-refractivity contribution in [2.45, 2.75) is 32.6 Å². The molecule has 0 aliphatic carbocycles. The van der Waals surface area contributed by atoms with Crippen LogP contribution in [0.15, 0.2) is 59.8 Å². The van der Waals surface area contributed by atoms with E-state index in [1.165, 1.54) is 5.56 Å². The highest BCUT2D eigenvalue weighted by molar-refractivity contribution is 6.06. The maximum absolute atomic E-state index is 13.0. The van der Waals surface area contributed by atoms with E-state index in [2.05, 4.69) is 19.1 Å². The second-order valence-corrected chi connectivity index (χ2v) is 6.86. The van der Waals surface area contributed by atoms with Crippen molar-refractivity contribution in [2.24, 2.45) is 0 Å². The molecule has 4 heteroatoms. The van der Waals surface area contributed by atoms with Gasteiger partial charge in [-0.25, -0.2) is 4.79 Å². The number of rotatable bonds is 3. The standard InChI is InChI=1S/C22H21NO3/c1-3-15-7-9-16(10-8-15)18-12-20(24)23(17-6-4-5-14(2)11-17)19-13-26-22(25)21(18)19/h4-11,18H,3,12-13H2,1-2H3. The van der Waals surface area contributed by atoms with Crippen LogP contribution in [-0.4, -0.2) is 18.5 Å². The van der Waals surface area contributed by atoms with E-state index in [4.69, 9.17) is 4.74 Å². The van der Waals surface area contributed by atoms with Gasteiger partial charge in [0.15, 0.2) is 0 Å². The van der Waals surface area contributed by atoms with Crippen LogP contribution >= 0.6 is 0 Å². The summed E-state index contributed by atoms with van der Waals surface area (Å²) < 4.78 is 5.32. The molecule has 0 saturated heterocycles. The topological polar surface area (TPSA) is 46.6 Å². The predicted octanol–water partition coefficient (Wildman–Crippen LogP) is 3.89. The molecule has 0 spiro atoms. The molecule has 2 aliphatic rings. The van der Waals surface area contributed by atoms with E-state index < -0.39 is 0 Å². The average molecular weight is 347 g/mol. The van der Waals surface area contributed by atoms with Gasteiger partial charge in [-0.3, -0.25) is 9.69 Å². The quantitative estimate of drug-likeness (QED) is 0.792. The first-order valence-corrected chi connectivity index (χ1v) is 8.97. The number of hydrogen-bond donors (Lipinski definition) is 0. The smallest absolute Gasteiger partial charge is 0.336 e. The summed E-state index contributed by atoms with van der Waals surface area (Å²) in [6.07, 6.45) is 1.23. The number of ether oxygens (including phenoxy) is 1. The summed E-state index contributed by atoms with van der Waals surface area (Å²) in [5.41, 5.74) is 5.39. The molecule has 132 valence electrons. The maximum atomic E-state index is 13.0. The molecule has 0 radical (unpaired) electrons. The van der Waals surface area contributed by atoms with Gasteiger partial charge in [0, 0.05) is 18.0 Å². The van der Waals surface area contributed by atoms with Gasteiger partial charge in [0.25, 0.3) is 0 Å². The highest BCUT2D eigenvalue weighted by Gasteiger charge is 2.42. The lowest BCUT2D eigenvalue weighted by Crippen LogP contribution is -2.37. The van der Waals surface area contributed by atoms with Crippen LogP contribution in [0.1, 0.15) is 36.0 Å². The van der Waals surface area contributed by atoms with Crippen molar-refractivity contribution in [3.05, 3.63) is 76.5 Å². The second kappa shape index (κ2) is 6.45. The van der Waals surface area contributed by atoms with E-state index in [1.807, 2.05) is 43.3 Å². The molecule has 1 atom stereocenters. The van der Waals surface area contributed by atoms with Crippen LogP contribution < -0.4 is 4.90 Å². The minimum absolute atomic E-state index is 0.00258. The van der Waals surface area contributed by atoms with Crippen molar-refractivity contribution < 1.29 is 14.3 Å². The Morgan fingerprint density at radius 3 is 2.58 bits per heavy atom. The van der Waals surface area contributed by atoms with Crippen LogP contribution in [-0.2, 0) is 20.7 Å². The Bertz CT molecular complexity index is 911. The number of cyclic esters (lactones) is 1. The number of nitrogens with zero attached hydrogens (tertiary/aromatic N) is 1. The van der Waals surface area contributed by atoms with Gasteiger partial charge in [0.2, 0.25) is 5.91 Å². The minimum Gasteiger partial charge on any atom is -0.456 e. The summed E-state index contributed by atoms with van der Waals surface area (Å²) in [5.74, 6) is -0.550. The average Bonchev–Trinajstić information content (AvgIpc) is 3.02. The van der Waals surface area contributed by atoms with Crippen LogP contribution in [0.25, 0.3) is 0 Å². The molecule has 2 heterocycles. The van der Waals surface area contributed by atoms with Gasteiger partial charge in [-0.2, -0.15) is 0 Å². The molecule has 0 fully saturated rings. The summed E-state index contributed by atoms with van der Waals surface area (Å²) >= 11 is 0. The molecule has 0 N–H and O–H groups in total. The van der Waals surface area contributed by atoms with Crippen molar-refractivity contribution in [3.8, 4) is 0 Å². The largest absolute Gasteiger partial charge is 0.456 e. The zero-order chi connectivity index (χ0) is 18.3. The molecule has 4 rings (SSSR count). The van der Waals surface area contributed by atoms with E-state index >= 15 is 0 Å². The Morgan fingerprint density at radius 1 is 1.12 bits per heavy atom. The first-order chi connectivity index (χ1) is 12.6. The summed E-state index contributed by atoms with van der Waals surface area (Å²) in [5, 5.41) is 0. The van der Waals surface area contributed by atoms with Gasteiger partial charge in [-0.15, -0.1) is 0 Å². The van der Waals surface area contributed by atoms with E-state index in [0.717, 1.165) is 23.2 Å². The Labute approximate surface area is 153 Å². The van der Waals surface area contributed by atoms with Gasteiger partial charge in [-0.1, -0.05) is 43.3 Å². The van der Waals surface area contributed by atoms with Gasteiger partial charge < -0.3 is 4.74 Å². The fourth-order valence-corrected chi connectivity index (χ4v) is 3.79. The van der Waals surface area contributed by atoms with E-state index in [9.17, 15) is 9.59 Å². The fraction of sp³-hybridized carbons (Fsp3) is 0.273. The van der Waals surface area contributed by atoms with Crippen molar-refractivity contribution in [2.75, 3.05) is 11.5 Å². The summed E-state index contributed by atoms with van der Waals surface area (Å²) in [6, 6.07) is 15.9. The number of anilines is 1. The van der Waals surface area contributed by atoms with Crippen molar-refractivity contribution in [1.82, 2.24) is 0 Å². The third-order valence-corrected chi connectivity index (χ3v) is 5.17. The highest BCUT2D eigenvalue weighted by atomic mass is 16.5. The molecular weight excluding hydrogens is 326 g/mol.